The summed E-state index contributed by atoms with van der Waals surface area (Å²) in [5.41, 5.74) is 7.86. The fraction of sp³-hybridized carbons (Fsp3) is 0.118. The van der Waals surface area contributed by atoms with Crippen molar-refractivity contribution >= 4 is 26.8 Å². The lowest BCUT2D eigenvalue weighted by Crippen LogP contribution is -2.19. The van der Waals surface area contributed by atoms with Crippen LogP contribution < -0.4 is 10.5 Å². The number of hydrogen-bond acceptors (Lipinski definition) is 3. The Hall–Kier alpha value is -1.91. The summed E-state index contributed by atoms with van der Waals surface area (Å²) in [4.78, 5) is 4.34. The molecule has 1 atom stereocenters. The lowest BCUT2D eigenvalue weighted by atomic mass is 10.1. The Morgan fingerprint density at radius 2 is 1.90 bits per heavy atom. The zero-order valence-electron chi connectivity index (χ0n) is 11.4. The molecule has 1 unspecified atom stereocenters. The standard InChI is InChI=1S/C17H15BrN2O/c18-14-7-2-1-5-12(14)17(11-19)21-16-9-3-8-15-13(16)6-4-10-20-15/h1-10,17H,11,19H2. The fourth-order valence-electron chi connectivity index (χ4n) is 2.31. The van der Waals surface area contributed by atoms with Crippen molar-refractivity contribution in [1.29, 1.82) is 0 Å². The first-order valence-electron chi connectivity index (χ1n) is 6.74. The van der Waals surface area contributed by atoms with Crippen LogP contribution in [0.15, 0.2) is 65.3 Å². The second kappa shape index (κ2) is 6.24. The molecule has 0 fully saturated rings. The number of hydrogen-bond donors (Lipinski definition) is 1. The van der Waals surface area contributed by atoms with Crippen molar-refractivity contribution in [3.63, 3.8) is 0 Å². The summed E-state index contributed by atoms with van der Waals surface area (Å²) >= 11 is 3.55. The van der Waals surface area contributed by atoms with E-state index in [2.05, 4.69) is 20.9 Å². The minimum Gasteiger partial charge on any atom is -0.484 e. The molecular weight excluding hydrogens is 328 g/mol. The molecule has 2 aromatic carbocycles. The van der Waals surface area contributed by atoms with Crippen molar-refractivity contribution in [3.8, 4) is 5.75 Å². The van der Waals surface area contributed by atoms with Gasteiger partial charge in [-0.05, 0) is 30.3 Å². The number of aromatic nitrogens is 1. The molecule has 1 heterocycles. The first-order valence-corrected chi connectivity index (χ1v) is 7.54. The van der Waals surface area contributed by atoms with E-state index in [1.54, 1.807) is 6.20 Å². The highest BCUT2D eigenvalue weighted by molar-refractivity contribution is 9.10. The first kappa shape index (κ1) is 14.0. The Balaban J connectivity index is 1.98. The van der Waals surface area contributed by atoms with E-state index in [1.807, 2.05) is 54.6 Å². The molecule has 3 rings (SSSR count). The number of pyridine rings is 1. The third-order valence-electron chi connectivity index (χ3n) is 3.34. The van der Waals surface area contributed by atoms with Crippen LogP contribution in [0.4, 0.5) is 0 Å². The summed E-state index contributed by atoms with van der Waals surface area (Å²) in [7, 11) is 0. The van der Waals surface area contributed by atoms with Crippen LogP contribution in [-0.2, 0) is 0 Å². The molecule has 106 valence electrons. The quantitative estimate of drug-likeness (QED) is 0.777. The molecule has 0 radical (unpaired) electrons. The van der Waals surface area contributed by atoms with Gasteiger partial charge in [0.05, 0.1) is 5.52 Å². The largest absolute Gasteiger partial charge is 0.484 e. The van der Waals surface area contributed by atoms with Crippen molar-refractivity contribution in [2.24, 2.45) is 5.73 Å². The minimum atomic E-state index is -0.202. The number of nitrogens with two attached hydrogens (primary N) is 1. The molecule has 3 aromatic rings. The van der Waals surface area contributed by atoms with Crippen molar-refractivity contribution < 1.29 is 4.74 Å². The van der Waals surface area contributed by atoms with Gasteiger partial charge in [-0.2, -0.15) is 0 Å². The van der Waals surface area contributed by atoms with Gasteiger partial charge < -0.3 is 10.5 Å². The number of ether oxygens (including phenoxy) is 1. The van der Waals surface area contributed by atoms with Crippen LogP contribution in [0.5, 0.6) is 5.75 Å². The van der Waals surface area contributed by atoms with Gasteiger partial charge in [0.15, 0.2) is 0 Å². The van der Waals surface area contributed by atoms with Gasteiger partial charge in [0.25, 0.3) is 0 Å². The van der Waals surface area contributed by atoms with Crippen LogP contribution in [-0.4, -0.2) is 11.5 Å². The van der Waals surface area contributed by atoms with Crippen LogP contribution in [0.3, 0.4) is 0 Å². The Morgan fingerprint density at radius 3 is 2.71 bits per heavy atom. The zero-order valence-corrected chi connectivity index (χ0v) is 13.0. The summed E-state index contributed by atoms with van der Waals surface area (Å²) in [6.45, 7) is 0.402. The number of nitrogens with zero attached hydrogens (tertiary/aromatic N) is 1. The normalized spacial score (nSPS) is 12.3. The van der Waals surface area contributed by atoms with E-state index >= 15 is 0 Å². The Labute approximate surface area is 131 Å². The van der Waals surface area contributed by atoms with E-state index in [4.69, 9.17) is 10.5 Å². The number of rotatable bonds is 4. The van der Waals surface area contributed by atoms with Gasteiger partial charge in [-0.15, -0.1) is 0 Å². The number of halogens is 1. The zero-order chi connectivity index (χ0) is 14.7. The van der Waals surface area contributed by atoms with Gasteiger partial charge in [-0.3, -0.25) is 4.98 Å². The molecule has 0 spiro atoms. The van der Waals surface area contributed by atoms with E-state index in [1.165, 1.54) is 0 Å². The Morgan fingerprint density at radius 1 is 1.05 bits per heavy atom. The Bertz CT molecular complexity index is 755. The van der Waals surface area contributed by atoms with Gasteiger partial charge >= 0.3 is 0 Å². The van der Waals surface area contributed by atoms with Crippen molar-refractivity contribution in [2.75, 3.05) is 6.54 Å². The molecule has 0 aliphatic heterocycles. The number of benzene rings is 2. The van der Waals surface area contributed by atoms with E-state index in [-0.39, 0.29) is 6.10 Å². The van der Waals surface area contributed by atoms with Crippen molar-refractivity contribution in [1.82, 2.24) is 4.98 Å². The predicted molar refractivity (Wildman–Crippen MR) is 88.3 cm³/mol. The summed E-state index contributed by atoms with van der Waals surface area (Å²) in [5.74, 6) is 0.798. The van der Waals surface area contributed by atoms with E-state index in [0.29, 0.717) is 6.54 Å². The molecular formula is C17H15BrN2O. The van der Waals surface area contributed by atoms with Crippen molar-refractivity contribution in [2.45, 2.75) is 6.10 Å². The smallest absolute Gasteiger partial charge is 0.137 e. The monoisotopic (exact) mass is 342 g/mol. The van der Waals surface area contributed by atoms with Gasteiger partial charge in [0.1, 0.15) is 11.9 Å². The predicted octanol–water partition coefficient (Wildman–Crippen LogP) is 4.08. The van der Waals surface area contributed by atoms with Crippen LogP contribution in [0, 0.1) is 0 Å². The summed E-state index contributed by atoms with van der Waals surface area (Å²) < 4.78 is 7.15. The molecule has 2 N–H and O–H groups in total. The molecule has 0 aliphatic carbocycles. The molecule has 0 aliphatic rings. The van der Waals surface area contributed by atoms with Gasteiger partial charge in [0, 0.05) is 28.2 Å². The summed E-state index contributed by atoms with van der Waals surface area (Å²) in [6.07, 6.45) is 1.58. The third kappa shape index (κ3) is 2.91. The maximum atomic E-state index is 6.15. The lowest BCUT2D eigenvalue weighted by molar-refractivity contribution is 0.216. The van der Waals surface area contributed by atoms with E-state index in [0.717, 1.165) is 26.7 Å². The highest BCUT2D eigenvalue weighted by atomic mass is 79.9. The lowest BCUT2D eigenvalue weighted by Gasteiger charge is -2.20. The third-order valence-corrected chi connectivity index (χ3v) is 4.06. The molecule has 1 aromatic heterocycles. The topological polar surface area (TPSA) is 48.1 Å². The maximum absolute atomic E-state index is 6.15. The highest BCUT2D eigenvalue weighted by Gasteiger charge is 2.15. The number of fused-ring (bicyclic) bond motifs is 1. The molecule has 0 saturated heterocycles. The van der Waals surface area contributed by atoms with E-state index < -0.39 is 0 Å². The molecule has 0 bridgehead atoms. The van der Waals surface area contributed by atoms with Gasteiger partial charge in [-0.1, -0.05) is 40.2 Å². The SMILES string of the molecule is NCC(Oc1cccc2ncccc12)c1ccccc1Br. The van der Waals surface area contributed by atoms with Crippen LogP contribution in [0.2, 0.25) is 0 Å². The molecule has 0 amide bonds. The highest BCUT2D eigenvalue weighted by Crippen LogP contribution is 2.31. The minimum absolute atomic E-state index is 0.202. The van der Waals surface area contributed by atoms with Gasteiger partial charge in [0.2, 0.25) is 0 Å². The Kier molecular flexibility index (Phi) is 4.18. The second-order valence-corrected chi connectivity index (χ2v) is 5.54. The van der Waals surface area contributed by atoms with E-state index in [9.17, 15) is 0 Å². The van der Waals surface area contributed by atoms with Crippen molar-refractivity contribution in [3.05, 3.63) is 70.8 Å². The average molecular weight is 343 g/mol. The molecule has 21 heavy (non-hydrogen) atoms. The maximum Gasteiger partial charge on any atom is 0.137 e. The average Bonchev–Trinajstić information content (AvgIpc) is 2.53. The first-order chi connectivity index (χ1) is 10.3. The summed E-state index contributed by atoms with van der Waals surface area (Å²) in [6, 6.07) is 17.7. The molecule has 3 nitrogen and oxygen atoms in total. The second-order valence-electron chi connectivity index (χ2n) is 4.69. The molecule has 4 heteroatoms. The van der Waals surface area contributed by atoms with Gasteiger partial charge in [-0.25, -0.2) is 0 Å². The van der Waals surface area contributed by atoms with Crippen LogP contribution in [0.25, 0.3) is 10.9 Å². The molecule has 0 saturated carbocycles. The van der Waals surface area contributed by atoms with Crippen LogP contribution >= 0.6 is 15.9 Å². The summed E-state index contributed by atoms with van der Waals surface area (Å²) in [5, 5.41) is 0.991. The van der Waals surface area contributed by atoms with Crippen LogP contribution in [0.1, 0.15) is 11.7 Å². The fourth-order valence-corrected chi connectivity index (χ4v) is 2.85.